The van der Waals surface area contributed by atoms with E-state index in [4.69, 9.17) is 5.73 Å². The van der Waals surface area contributed by atoms with Gasteiger partial charge in [0.05, 0.1) is 6.54 Å². The fraction of sp³-hybridized carbons (Fsp3) is 0.562. The molecule has 4 nitrogen and oxygen atoms in total. The highest BCUT2D eigenvalue weighted by molar-refractivity contribution is 5.78. The summed E-state index contributed by atoms with van der Waals surface area (Å²) in [7, 11) is 0. The lowest BCUT2D eigenvalue weighted by Crippen LogP contribution is -2.42. The van der Waals surface area contributed by atoms with Crippen molar-refractivity contribution < 1.29 is 4.79 Å². The van der Waals surface area contributed by atoms with Gasteiger partial charge >= 0.3 is 0 Å². The van der Waals surface area contributed by atoms with Crippen LogP contribution in [-0.2, 0) is 4.79 Å². The van der Waals surface area contributed by atoms with Gasteiger partial charge in [-0.05, 0) is 38.9 Å². The highest BCUT2D eigenvalue weighted by Crippen LogP contribution is 2.23. The molecule has 0 bridgehead atoms. The molecule has 0 spiro atoms. The fourth-order valence-corrected chi connectivity index (χ4v) is 2.39. The van der Waals surface area contributed by atoms with Gasteiger partial charge in [0, 0.05) is 12.1 Å². The molecule has 1 aromatic rings. The summed E-state index contributed by atoms with van der Waals surface area (Å²) in [5, 5.41) is 2.94. The Morgan fingerprint density at radius 2 is 1.95 bits per heavy atom. The summed E-state index contributed by atoms with van der Waals surface area (Å²) < 4.78 is 0. The molecule has 0 aliphatic rings. The predicted octanol–water partition coefficient (Wildman–Crippen LogP) is 1.92. The second kappa shape index (κ2) is 8.72. The van der Waals surface area contributed by atoms with Crippen molar-refractivity contribution >= 4 is 5.91 Å². The molecule has 3 N–H and O–H groups in total. The number of hydrogen-bond acceptors (Lipinski definition) is 3. The third kappa shape index (κ3) is 5.31. The average molecular weight is 277 g/mol. The van der Waals surface area contributed by atoms with Crippen molar-refractivity contribution in [2.24, 2.45) is 5.73 Å². The van der Waals surface area contributed by atoms with E-state index in [0.717, 1.165) is 13.0 Å². The average Bonchev–Trinajstić information content (AvgIpc) is 2.42. The van der Waals surface area contributed by atoms with E-state index in [0.29, 0.717) is 13.1 Å². The van der Waals surface area contributed by atoms with Gasteiger partial charge in [-0.25, -0.2) is 0 Å². The fourth-order valence-electron chi connectivity index (χ4n) is 2.39. The normalized spacial score (nSPS) is 12.7. The van der Waals surface area contributed by atoms with Gasteiger partial charge in [0.2, 0.25) is 5.91 Å². The Morgan fingerprint density at radius 1 is 1.30 bits per heavy atom. The van der Waals surface area contributed by atoms with E-state index in [2.05, 4.69) is 29.3 Å². The molecule has 1 amide bonds. The van der Waals surface area contributed by atoms with Gasteiger partial charge in [0.1, 0.15) is 0 Å². The number of nitrogens with zero attached hydrogens (tertiary/aromatic N) is 1. The second-order valence-corrected chi connectivity index (χ2v) is 5.29. The van der Waals surface area contributed by atoms with Crippen LogP contribution >= 0.6 is 0 Å². The first-order valence-electron chi connectivity index (χ1n) is 7.36. The third-order valence-corrected chi connectivity index (χ3v) is 3.27. The maximum Gasteiger partial charge on any atom is 0.234 e. The minimum atomic E-state index is 0.0693. The van der Waals surface area contributed by atoms with Crippen LogP contribution < -0.4 is 11.1 Å². The number of nitrogens with one attached hydrogen (secondary N) is 1. The molecule has 0 saturated heterocycles. The Morgan fingerprint density at radius 3 is 2.45 bits per heavy atom. The van der Waals surface area contributed by atoms with Gasteiger partial charge < -0.3 is 11.1 Å². The van der Waals surface area contributed by atoms with Crippen molar-refractivity contribution in [2.75, 3.05) is 19.6 Å². The van der Waals surface area contributed by atoms with E-state index >= 15 is 0 Å². The number of carbonyl (C=O) groups excluding carboxylic acids is 1. The van der Waals surface area contributed by atoms with E-state index in [1.54, 1.807) is 0 Å². The lowest BCUT2D eigenvalue weighted by molar-refractivity contribution is -0.123. The molecule has 0 heterocycles. The maximum absolute atomic E-state index is 12.0. The summed E-state index contributed by atoms with van der Waals surface area (Å²) in [4.78, 5) is 14.2. The van der Waals surface area contributed by atoms with Crippen LogP contribution in [0.1, 0.15) is 38.8 Å². The number of amides is 1. The number of benzene rings is 1. The molecule has 1 unspecified atom stereocenters. The Hall–Kier alpha value is -1.39. The molecule has 0 fully saturated rings. The topological polar surface area (TPSA) is 58.4 Å². The van der Waals surface area contributed by atoms with Crippen LogP contribution in [0, 0.1) is 0 Å². The van der Waals surface area contributed by atoms with Crippen molar-refractivity contribution in [2.45, 2.75) is 39.3 Å². The lowest BCUT2D eigenvalue weighted by Gasteiger charge is -2.30. The molecule has 112 valence electrons. The minimum absolute atomic E-state index is 0.0693. The maximum atomic E-state index is 12.0. The van der Waals surface area contributed by atoms with Gasteiger partial charge in [-0.1, -0.05) is 37.3 Å². The summed E-state index contributed by atoms with van der Waals surface area (Å²) in [5.41, 5.74) is 6.96. The van der Waals surface area contributed by atoms with Gasteiger partial charge in [-0.15, -0.1) is 0 Å². The summed E-state index contributed by atoms with van der Waals surface area (Å²) >= 11 is 0. The standard InChI is InChI=1S/C16H27N3O/c1-4-19(12-16(20)18-13(2)3)15(10-11-17)14-8-6-5-7-9-14/h5-9,13,15H,4,10-12,17H2,1-3H3,(H,18,20). The van der Waals surface area contributed by atoms with E-state index in [-0.39, 0.29) is 18.0 Å². The molecule has 4 heteroatoms. The second-order valence-electron chi connectivity index (χ2n) is 5.29. The van der Waals surface area contributed by atoms with Gasteiger partial charge in [-0.3, -0.25) is 9.69 Å². The van der Waals surface area contributed by atoms with Crippen molar-refractivity contribution in [3.05, 3.63) is 35.9 Å². The van der Waals surface area contributed by atoms with Crippen molar-refractivity contribution in [3.8, 4) is 0 Å². The Labute approximate surface area is 122 Å². The zero-order valence-corrected chi connectivity index (χ0v) is 12.8. The molecule has 20 heavy (non-hydrogen) atoms. The van der Waals surface area contributed by atoms with E-state index in [9.17, 15) is 4.79 Å². The number of rotatable bonds is 8. The zero-order valence-electron chi connectivity index (χ0n) is 12.8. The Bertz CT molecular complexity index is 392. The first kappa shape index (κ1) is 16.7. The molecule has 1 rings (SSSR count). The van der Waals surface area contributed by atoms with Crippen molar-refractivity contribution in [1.82, 2.24) is 10.2 Å². The van der Waals surface area contributed by atoms with Crippen LogP contribution in [0.5, 0.6) is 0 Å². The molecule has 1 aromatic carbocycles. The van der Waals surface area contributed by atoms with Crippen LogP contribution in [0.3, 0.4) is 0 Å². The Balaban J connectivity index is 2.79. The molecule has 0 saturated carbocycles. The van der Waals surface area contributed by atoms with E-state index in [1.807, 2.05) is 32.0 Å². The number of carbonyl (C=O) groups is 1. The first-order chi connectivity index (χ1) is 9.58. The number of nitrogens with two attached hydrogens (primary N) is 1. The largest absolute Gasteiger partial charge is 0.353 e. The van der Waals surface area contributed by atoms with Gasteiger partial charge in [0.25, 0.3) is 0 Å². The quantitative estimate of drug-likeness (QED) is 0.763. The van der Waals surface area contributed by atoms with Crippen molar-refractivity contribution in [3.63, 3.8) is 0 Å². The highest BCUT2D eigenvalue weighted by Gasteiger charge is 2.20. The highest BCUT2D eigenvalue weighted by atomic mass is 16.2. The Kier molecular flexibility index (Phi) is 7.26. The van der Waals surface area contributed by atoms with Crippen LogP contribution in [-0.4, -0.2) is 36.5 Å². The zero-order chi connectivity index (χ0) is 15.0. The molecule has 0 radical (unpaired) electrons. The van der Waals surface area contributed by atoms with Crippen LogP contribution in [0.25, 0.3) is 0 Å². The summed E-state index contributed by atoms with van der Waals surface area (Å²) in [6, 6.07) is 10.6. The summed E-state index contributed by atoms with van der Waals surface area (Å²) in [6.07, 6.45) is 0.854. The SMILES string of the molecule is CCN(CC(=O)NC(C)C)C(CCN)c1ccccc1. The van der Waals surface area contributed by atoms with Crippen LogP contribution in [0.4, 0.5) is 0 Å². The van der Waals surface area contributed by atoms with Crippen molar-refractivity contribution in [1.29, 1.82) is 0 Å². The number of hydrogen-bond donors (Lipinski definition) is 2. The molecule has 0 aromatic heterocycles. The molecule has 1 atom stereocenters. The van der Waals surface area contributed by atoms with Crippen LogP contribution in [0.2, 0.25) is 0 Å². The first-order valence-corrected chi connectivity index (χ1v) is 7.36. The van der Waals surface area contributed by atoms with E-state index < -0.39 is 0 Å². The third-order valence-electron chi connectivity index (χ3n) is 3.27. The number of likely N-dealkylation sites (N-methyl/N-ethyl adjacent to an activating group) is 1. The van der Waals surface area contributed by atoms with Crippen LogP contribution in [0.15, 0.2) is 30.3 Å². The lowest BCUT2D eigenvalue weighted by atomic mass is 10.0. The monoisotopic (exact) mass is 277 g/mol. The summed E-state index contributed by atoms with van der Waals surface area (Å²) in [5.74, 6) is 0.0693. The predicted molar refractivity (Wildman–Crippen MR) is 83.4 cm³/mol. The van der Waals surface area contributed by atoms with Gasteiger partial charge in [0.15, 0.2) is 0 Å². The van der Waals surface area contributed by atoms with E-state index in [1.165, 1.54) is 5.56 Å². The summed E-state index contributed by atoms with van der Waals surface area (Å²) in [6.45, 7) is 7.88. The molecule has 0 aliphatic heterocycles. The minimum Gasteiger partial charge on any atom is -0.353 e. The molecule has 0 aliphatic carbocycles. The smallest absolute Gasteiger partial charge is 0.234 e. The molecular weight excluding hydrogens is 250 g/mol. The van der Waals surface area contributed by atoms with Gasteiger partial charge in [-0.2, -0.15) is 0 Å². The molecular formula is C16H27N3O.